The number of halogens is 1. The van der Waals surface area contributed by atoms with E-state index in [0.717, 1.165) is 35.2 Å². The summed E-state index contributed by atoms with van der Waals surface area (Å²) >= 11 is 1.62. The van der Waals surface area contributed by atoms with Gasteiger partial charge in [0.05, 0.1) is 12.2 Å². The number of nitrogens with zero attached hydrogens (tertiary/aromatic N) is 4. The van der Waals surface area contributed by atoms with Crippen molar-refractivity contribution in [2.45, 2.75) is 19.0 Å². The van der Waals surface area contributed by atoms with E-state index in [2.05, 4.69) is 38.1 Å². The first-order chi connectivity index (χ1) is 14.2. The van der Waals surface area contributed by atoms with Crippen molar-refractivity contribution in [2.24, 2.45) is 4.99 Å². The van der Waals surface area contributed by atoms with Crippen molar-refractivity contribution in [3.63, 3.8) is 0 Å². The zero-order valence-electron chi connectivity index (χ0n) is 16.2. The standard InChI is InChI=1S/C21H23FN6S/c1-23-21(25-12-19-27-18(14-29-19)15-6-3-2-4-7-15)26-16-9-11-28(13-16)20-17(22)8-5-10-24-20/h2-8,10,14,16H,9,11-13H2,1H3,(H2,23,25,26). The molecule has 1 unspecified atom stereocenters. The van der Waals surface area contributed by atoms with Gasteiger partial charge in [0.15, 0.2) is 17.6 Å². The normalized spacial score (nSPS) is 16.8. The Morgan fingerprint density at radius 2 is 2.14 bits per heavy atom. The summed E-state index contributed by atoms with van der Waals surface area (Å²) in [6.07, 6.45) is 2.52. The van der Waals surface area contributed by atoms with E-state index in [4.69, 9.17) is 4.98 Å². The van der Waals surface area contributed by atoms with E-state index in [1.54, 1.807) is 30.6 Å². The molecule has 0 spiro atoms. The Balaban J connectivity index is 1.31. The van der Waals surface area contributed by atoms with Crippen LogP contribution >= 0.6 is 11.3 Å². The van der Waals surface area contributed by atoms with Crippen LogP contribution in [-0.4, -0.2) is 42.1 Å². The fourth-order valence-corrected chi connectivity index (χ4v) is 4.10. The molecule has 0 aliphatic carbocycles. The van der Waals surface area contributed by atoms with Gasteiger partial charge < -0.3 is 15.5 Å². The molecule has 0 amide bonds. The zero-order valence-corrected chi connectivity index (χ0v) is 17.0. The fourth-order valence-electron chi connectivity index (χ4n) is 3.36. The third kappa shape index (κ3) is 4.71. The maximum absolute atomic E-state index is 14.0. The molecule has 3 heterocycles. The lowest BCUT2D eigenvalue weighted by atomic mass is 10.2. The summed E-state index contributed by atoms with van der Waals surface area (Å²) < 4.78 is 14.0. The van der Waals surface area contributed by atoms with Crippen molar-refractivity contribution in [1.29, 1.82) is 0 Å². The summed E-state index contributed by atoms with van der Waals surface area (Å²) in [7, 11) is 1.75. The van der Waals surface area contributed by atoms with Crippen molar-refractivity contribution in [3.8, 4) is 11.3 Å². The predicted octanol–water partition coefficient (Wildman–Crippen LogP) is 3.29. The van der Waals surface area contributed by atoms with Crippen molar-refractivity contribution < 1.29 is 4.39 Å². The maximum atomic E-state index is 14.0. The maximum Gasteiger partial charge on any atom is 0.191 e. The molecule has 1 aliphatic rings. The van der Waals surface area contributed by atoms with Crippen molar-refractivity contribution in [3.05, 3.63) is 64.9 Å². The molecule has 0 saturated carbocycles. The quantitative estimate of drug-likeness (QED) is 0.499. The highest BCUT2D eigenvalue weighted by Crippen LogP contribution is 2.22. The first kappa shape index (κ1) is 19.3. The molecule has 1 fully saturated rings. The molecule has 1 saturated heterocycles. The van der Waals surface area contributed by atoms with Gasteiger partial charge in [0.2, 0.25) is 0 Å². The number of hydrogen-bond acceptors (Lipinski definition) is 5. The van der Waals surface area contributed by atoms with Crippen LogP contribution in [0.4, 0.5) is 10.2 Å². The minimum atomic E-state index is -0.284. The molecule has 8 heteroatoms. The summed E-state index contributed by atoms with van der Waals surface area (Å²) in [4.78, 5) is 15.1. The predicted molar refractivity (Wildman–Crippen MR) is 116 cm³/mol. The topological polar surface area (TPSA) is 65.4 Å². The van der Waals surface area contributed by atoms with Gasteiger partial charge >= 0.3 is 0 Å². The molecule has 1 aromatic carbocycles. The Hall–Kier alpha value is -3.00. The molecular formula is C21H23FN6S. The van der Waals surface area contributed by atoms with Crippen LogP contribution in [0.25, 0.3) is 11.3 Å². The summed E-state index contributed by atoms with van der Waals surface area (Å²) in [5.74, 6) is 0.847. The van der Waals surface area contributed by atoms with Gasteiger partial charge in [-0.1, -0.05) is 30.3 Å². The van der Waals surface area contributed by atoms with Gasteiger partial charge in [0.1, 0.15) is 5.01 Å². The van der Waals surface area contributed by atoms with Gasteiger partial charge in [0.25, 0.3) is 0 Å². The summed E-state index contributed by atoms with van der Waals surface area (Å²) in [6.45, 7) is 2.04. The first-order valence-electron chi connectivity index (χ1n) is 9.55. The summed E-state index contributed by atoms with van der Waals surface area (Å²) in [6, 6.07) is 13.4. The molecule has 1 aliphatic heterocycles. The van der Waals surface area contributed by atoms with E-state index in [9.17, 15) is 4.39 Å². The molecule has 2 N–H and O–H groups in total. The van der Waals surface area contributed by atoms with Gasteiger partial charge in [-0.2, -0.15) is 0 Å². The van der Waals surface area contributed by atoms with Gasteiger partial charge in [-0.3, -0.25) is 4.99 Å². The smallest absolute Gasteiger partial charge is 0.191 e. The molecule has 4 rings (SSSR count). The van der Waals surface area contributed by atoms with Crippen LogP contribution in [0.1, 0.15) is 11.4 Å². The first-order valence-corrected chi connectivity index (χ1v) is 10.4. The lowest BCUT2D eigenvalue weighted by Crippen LogP contribution is -2.44. The zero-order chi connectivity index (χ0) is 20.1. The molecular weight excluding hydrogens is 387 g/mol. The number of rotatable bonds is 5. The van der Waals surface area contributed by atoms with Crippen LogP contribution in [0.15, 0.2) is 59.0 Å². The van der Waals surface area contributed by atoms with Crippen LogP contribution in [-0.2, 0) is 6.54 Å². The van der Waals surface area contributed by atoms with Gasteiger partial charge in [-0.15, -0.1) is 11.3 Å². The molecule has 6 nitrogen and oxygen atoms in total. The van der Waals surface area contributed by atoms with Crippen LogP contribution in [0.5, 0.6) is 0 Å². The minimum Gasteiger partial charge on any atom is -0.352 e. The van der Waals surface area contributed by atoms with Gasteiger partial charge in [0, 0.05) is 43.3 Å². The van der Waals surface area contributed by atoms with Crippen LogP contribution in [0, 0.1) is 5.82 Å². The Morgan fingerprint density at radius 3 is 2.93 bits per heavy atom. The fraction of sp³-hybridized carbons (Fsp3) is 0.286. The monoisotopic (exact) mass is 410 g/mol. The third-order valence-corrected chi connectivity index (χ3v) is 5.67. The Morgan fingerprint density at radius 1 is 1.28 bits per heavy atom. The number of hydrogen-bond donors (Lipinski definition) is 2. The van der Waals surface area contributed by atoms with Crippen molar-refractivity contribution in [1.82, 2.24) is 20.6 Å². The Kier molecular flexibility index (Phi) is 6.00. The van der Waals surface area contributed by atoms with Crippen LogP contribution in [0.3, 0.4) is 0 Å². The second-order valence-electron chi connectivity index (χ2n) is 6.80. The number of aromatic nitrogens is 2. The lowest BCUT2D eigenvalue weighted by Gasteiger charge is -2.19. The van der Waals surface area contributed by atoms with Crippen LogP contribution in [0.2, 0.25) is 0 Å². The molecule has 0 radical (unpaired) electrons. The highest BCUT2D eigenvalue weighted by molar-refractivity contribution is 7.09. The van der Waals surface area contributed by atoms with Crippen molar-refractivity contribution >= 4 is 23.1 Å². The molecule has 29 heavy (non-hydrogen) atoms. The average Bonchev–Trinajstić information content (AvgIpc) is 3.42. The second kappa shape index (κ2) is 9.00. The number of thiazole rings is 1. The number of pyridine rings is 1. The number of anilines is 1. The van der Waals surface area contributed by atoms with E-state index in [0.29, 0.717) is 18.9 Å². The minimum absolute atomic E-state index is 0.179. The Bertz CT molecular complexity index is 974. The van der Waals surface area contributed by atoms with Crippen molar-refractivity contribution in [2.75, 3.05) is 25.0 Å². The number of benzene rings is 1. The largest absolute Gasteiger partial charge is 0.352 e. The molecule has 0 bridgehead atoms. The van der Waals surface area contributed by atoms with E-state index < -0.39 is 0 Å². The van der Waals surface area contributed by atoms with E-state index >= 15 is 0 Å². The van der Waals surface area contributed by atoms with E-state index in [1.165, 1.54) is 6.07 Å². The molecule has 3 aromatic rings. The summed E-state index contributed by atoms with van der Waals surface area (Å²) in [5.41, 5.74) is 2.10. The Labute approximate surface area is 173 Å². The number of nitrogens with one attached hydrogen (secondary N) is 2. The lowest BCUT2D eigenvalue weighted by molar-refractivity contribution is 0.612. The van der Waals surface area contributed by atoms with Crippen LogP contribution < -0.4 is 15.5 Å². The molecule has 2 aromatic heterocycles. The molecule has 150 valence electrons. The third-order valence-electron chi connectivity index (χ3n) is 4.82. The van der Waals surface area contributed by atoms with Gasteiger partial charge in [-0.25, -0.2) is 14.4 Å². The van der Waals surface area contributed by atoms with Gasteiger partial charge in [-0.05, 0) is 18.6 Å². The average molecular weight is 411 g/mol. The highest BCUT2D eigenvalue weighted by atomic mass is 32.1. The van der Waals surface area contributed by atoms with E-state index in [1.807, 2.05) is 23.1 Å². The molecule has 1 atom stereocenters. The second-order valence-corrected chi connectivity index (χ2v) is 7.75. The SMILES string of the molecule is CN=C(NCc1nc(-c2ccccc2)cs1)NC1CCN(c2ncccc2F)C1. The number of aliphatic imine (C=N–C) groups is 1. The summed E-state index contributed by atoms with van der Waals surface area (Å²) in [5, 5.41) is 9.80. The highest BCUT2D eigenvalue weighted by Gasteiger charge is 2.25. The van der Waals surface area contributed by atoms with E-state index in [-0.39, 0.29) is 11.9 Å². The number of guanidine groups is 1.